The van der Waals surface area contributed by atoms with E-state index in [1.165, 1.54) is 23.1 Å². The lowest BCUT2D eigenvalue weighted by Gasteiger charge is -2.25. The molecule has 0 aliphatic heterocycles. The molecule has 140 valence electrons. The van der Waals surface area contributed by atoms with Crippen LogP contribution < -0.4 is 9.64 Å². The van der Waals surface area contributed by atoms with Crippen LogP contribution in [0.4, 0.5) is 29.2 Å². The second kappa shape index (κ2) is 7.47. The maximum Gasteiger partial charge on any atom is 0.423 e. The summed E-state index contributed by atoms with van der Waals surface area (Å²) < 4.78 is 58.9. The predicted octanol–water partition coefficient (Wildman–Crippen LogP) is 5.11. The third-order valence-electron chi connectivity index (χ3n) is 4.37. The fraction of sp³-hybridized carbons (Fsp3) is 0.444. The Hall–Kier alpha value is -2.38. The Kier molecular flexibility index (Phi) is 5.29. The van der Waals surface area contributed by atoms with Gasteiger partial charge in [-0.3, -0.25) is 0 Å². The third-order valence-corrected chi connectivity index (χ3v) is 4.37. The Labute approximate surface area is 148 Å². The molecule has 0 unspecified atom stereocenters. The van der Waals surface area contributed by atoms with E-state index in [1.807, 2.05) is 0 Å². The lowest BCUT2D eigenvalue weighted by Crippen LogP contribution is -2.23. The Bertz CT molecular complexity index is 760. The van der Waals surface area contributed by atoms with Crippen molar-refractivity contribution in [3.63, 3.8) is 0 Å². The highest BCUT2D eigenvalue weighted by molar-refractivity contribution is 5.56. The minimum atomic E-state index is -4.61. The van der Waals surface area contributed by atoms with Gasteiger partial charge in [0.1, 0.15) is 17.5 Å². The zero-order valence-electron chi connectivity index (χ0n) is 14.3. The van der Waals surface area contributed by atoms with E-state index < -0.39 is 23.4 Å². The zero-order chi connectivity index (χ0) is 18.7. The van der Waals surface area contributed by atoms with Crippen molar-refractivity contribution in [3.05, 3.63) is 41.8 Å². The van der Waals surface area contributed by atoms with Gasteiger partial charge in [0.15, 0.2) is 0 Å². The first-order valence-electron chi connectivity index (χ1n) is 8.45. The van der Waals surface area contributed by atoms with Crippen LogP contribution in [0.1, 0.15) is 37.7 Å². The number of ether oxygens (including phenoxy) is 1. The van der Waals surface area contributed by atoms with Gasteiger partial charge in [0, 0.05) is 18.9 Å². The number of halogens is 4. The molecule has 2 aromatic rings. The molecule has 26 heavy (non-hydrogen) atoms. The normalized spacial score (nSPS) is 15.7. The maximum absolute atomic E-state index is 13.4. The maximum atomic E-state index is 13.4. The molecule has 0 bridgehead atoms. The Morgan fingerprint density at radius 1 is 1.15 bits per heavy atom. The SMILES string of the molecule is CN(c1cccc(F)c1)c1ncc(C(F)(F)F)c(OC2CCCCC2)n1. The summed E-state index contributed by atoms with van der Waals surface area (Å²) in [6.45, 7) is 0. The lowest BCUT2D eigenvalue weighted by atomic mass is 9.98. The van der Waals surface area contributed by atoms with Gasteiger partial charge in [-0.05, 0) is 43.9 Å². The summed E-state index contributed by atoms with van der Waals surface area (Å²) in [7, 11) is 1.56. The van der Waals surface area contributed by atoms with Gasteiger partial charge in [0.2, 0.25) is 11.8 Å². The highest BCUT2D eigenvalue weighted by Crippen LogP contribution is 2.37. The molecular weight excluding hydrogens is 350 g/mol. The van der Waals surface area contributed by atoms with E-state index in [0.717, 1.165) is 25.5 Å². The van der Waals surface area contributed by atoms with Crippen LogP contribution in [0.3, 0.4) is 0 Å². The number of alkyl halides is 3. The van der Waals surface area contributed by atoms with Gasteiger partial charge in [-0.15, -0.1) is 0 Å². The van der Waals surface area contributed by atoms with Gasteiger partial charge in [-0.25, -0.2) is 9.37 Å². The van der Waals surface area contributed by atoms with Crippen LogP contribution in [0.25, 0.3) is 0 Å². The highest BCUT2D eigenvalue weighted by atomic mass is 19.4. The number of benzene rings is 1. The predicted molar refractivity (Wildman–Crippen MR) is 89.0 cm³/mol. The molecule has 1 fully saturated rings. The summed E-state index contributed by atoms with van der Waals surface area (Å²) >= 11 is 0. The van der Waals surface area contributed by atoms with Gasteiger partial charge in [-0.2, -0.15) is 18.2 Å². The van der Waals surface area contributed by atoms with Crippen molar-refractivity contribution in [2.45, 2.75) is 44.4 Å². The molecule has 4 nitrogen and oxygen atoms in total. The average Bonchev–Trinajstić information content (AvgIpc) is 2.61. The van der Waals surface area contributed by atoms with Gasteiger partial charge < -0.3 is 9.64 Å². The molecule has 1 aromatic heterocycles. The average molecular weight is 369 g/mol. The first-order valence-corrected chi connectivity index (χ1v) is 8.45. The number of rotatable bonds is 4. The molecular formula is C18H19F4N3O. The molecule has 0 radical (unpaired) electrons. The fourth-order valence-corrected chi connectivity index (χ4v) is 2.94. The fourth-order valence-electron chi connectivity index (χ4n) is 2.94. The summed E-state index contributed by atoms with van der Waals surface area (Å²) in [6, 6.07) is 5.65. The van der Waals surface area contributed by atoms with Crippen molar-refractivity contribution < 1.29 is 22.3 Å². The van der Waals surface area contributed by atoms with Crippen molar-refractivity contribution in [2.75, 3.05) is 11.9 Å². The van der Waals surface area contributed by atoms with Gasteiger partial charge in [-0.1, -0.05) is 12.5 Å². The van der Waals surface area contributed by atoms with E-state index in [-0.39, 0.29) is 12.1 Å². The summed E-state index contributed by atoms with van der Waals surface area (Å²) in [6.07, 6.45) is 0.138. The van der Waals surface area contributed by atoms with Crippen molar-refractivity contribution in [3.8, 4) is 5.88 Å². The third kappa shape index (κ3) is 4.23. The molecule has 8 heteroatoms. The summed E-state index contributed by atoms with van der Waals surface area (Å²) in [4.78, 5) is 9.20. The monoisotopic (exact) mass is 369 g/mol. The zero-order valence-corrected chi connectivity index (χ0v) is 14.3. The van der Waals surface area contributed by atoms with Crippen LogP contribution >= 0.6 is 0 Å². The molecule has 1 aliphatic carbocycles. The number of anilines is 2. The van der Waals surface area contributed by atoms with Crippen LogP contribution in [0.5, 0.6) is 5.88 Å². The van der Waals surface area contributed by atoms with Crippen LogP contribution in [-0.4, -0.2) is 23.1 Å². The molecule has 3 rings (SSSR count). The number of aromatic nitrogens is 2. The van der Waals surface area contributed by atoms with E-state index in [2.05, 4.69) is 9.97 Å². The second-order valence-electron chi connectivity index (χ2n) is 6.30. The summed E-state index contributed by atoms with van der Waals surface area (Å²) in [5, 5.41) is 0. The Balaban J connectivity index is 1.93. The smallest absolute Gasteiger partial charge is 0.423 e. The molecule has 1 aromatic carbocycles. The lowest BCUT2D eigenvalue weighted by molar-refractivity contribution is -0.140. The first-order chi connectivity index (χ1) is 12.3. The molecule has 0 spiro atoms. The van der Waals surface area contributed by atoms with Crippen LogP contribution in [0.15, 0.2) is 30.5 Å². The molecule has 1 saturated carbocycles. The standard InChI is InChI=1S/C18H19F4N3O/c1-25(13-7-5-6-12(19)10-13)17-23-11-15(18(20,21)22)16(24-17)26-14-8-3-2-4-9-14/h5-7,10-11,14H,2-4,8-9H2,1H3. The quantitative estimate of drug-likeness (QED) is 0.702. The molecule has 1 aliphatic rings. The Morgan fingerprint density at radius 3 is 2.54 bits per heavy atom. The number of nitrogens with zero attached hydrogens (tertiary/aromatic N) is 3. The second-order valence-corrected chi connectivity index (χ2v) is 6.30. The van der Waals surface area contributed by atoms with E-state index in [0.29, 0.717) is 18.5 Å². The molecule has 1 heterocycles. The van der Waals surface area contributed by atoms with Gasteiger partial charge >= 0.3 is 6.18 Å². The van der Waals surface area contributed by atoms with Crippen molar-refractivity contribution in [1.29, 1.82) is 0 Å². The number of hydrogen-bond donors (Lipinski definition) is 0. The van der Waals surface area contributed by atoms with Gasteiger partial charge in [0.25, 0.3) is 0 Å². The van der Waals surface area contributed by atoms with Crippen molar-refractivity contribution in [1.82, 2.24) is 9.97 Å². The van der Waals surface area contributed by atoms with E-state index in [4.69, 9.17) is 4.74 Å². The van der Waals surface area contributed by atoms with E-state index >= 15 is 0 Å². The van der Waals surface area contributed by atoms with Crippen LogP contribution in [0, 0.1) is 5.82 Å². The molecule has 0 saturated heterocycles. The minimum Gasteiger partial charge on any atom is -0.474 e. The number of hydrogen-bond acceptors (Lipinski definition) is 4. The van der Waals surface area contributed by atoms with E-state index in [9.17, 15) is 17.6 Å². The van der Waals surface area contributed by atoms with Gasteiger partial charge in [0.05, 0.1) is 0 Å². The summed E-state index contributed by atoms with van der Waals surface area (Å²) in [5.74, 6) is -0.924. The highest BCUT2D eigenvalue weighted by Gasteiger charge is 2.37. The first kappa shape index (κ1) is 18.4. The molecule has 0 atom stereocenters. The van der Waals surface area contributed by atoms with Crippen molar-refractivity contribution >= 4 is 11.6 Å². The molecule has 0 amide bonds. The van der Waals surface area contributed by atoms with Crippen molar-refractivity contribution in [2.24, 2.45) is 0 Å². The minimum absolute atomic E-state index is 0.00871. The largest absolute Gasteiger partial charge is 0.474 e. The summed E-state index contributed by atoms with van der Waals surface area (Å²) in [5.41, 5.74) is -0.576. The van der Waals surface area contributed by atoms with Crippen LogP contribution in [-0.2, 0) is 6.18 Å². The Morgan fingerprint density at radius 2 is 1.88 bits per heavy atom. The molecule has 0 N–H and O–H groups in total. The van der Waals surface area contributed by atoms with E-state index in [1.54, 1.807) is 13.1 Å². The van der Waals surface area contributed by atoms with Crippen LogP contribution in [0.2, 0.25) is 0 Å². The topological polar surface area (TPSA) is 38.2 Å².